The highest BCUT2D eigenvalue weighted by Crippen LogP contribution is 2.39. The van der Waals surface area contributed by atoms with Crippen molar-refractivity contribution < 1.29 is 27.4 Å². The van der Waals surface area contributed by atoms with E-state index in [4.69, 9.17) is 4.74 Å². The molecule has 1 aromatic heterocycles. The number of methoxy groups -OCH3 is 1. The molecule has 1 N–H and O–H groups in total. The second-order valence-corrected chi connectivity index (χ2v) is 7.98. The Kier molecular flexibility index (Phi) is 6.88. The molecule has 1 heterocycles. The van der Waals surface area contributed by atoms with Crippen molar-refractivity contribution in [1.29, 1.82) is 0 Å². The molecular formula is C25H24F4N2O2. The number of benzene rings is 2. The number of rotatable bonds is 6. The maximum Gasteiger partial charge on any atom is 0.422 e. The van der Waals surface area contributed by atoms with Crippen LogP contribution in [0.2, 0.25) is 0 Å². The van der Waals surface area contributed by atoms with E-state index in [1.807, 2.05) is 0 Å². The Morgan fingerprint density at radius 3 is 2.45 bits per heavy atom. The van der Waals surface area contributed by atoms with Gasteiger partial charge in [0.2, 0.25) is 0 Å². The van der Waals surface area contributed by atoms with Crippen LogP contribution < -0.4 is 4.74 Å². The van der Waals surface area contributed by atoms with E-state index in [0.29, 0.717) is 22.7 Å². The highest BCUT2D eigenvalue weighted by molar-refractivity contribution is 5.92. The first-order chi connectivity index (χ1) is 15.4. The molecule has 1 unspecified atom stereocenters. The summed E-state index contributed by atoms with van der Waals surface area (Å²) in [6.07, 6.45) is -5.36. The van der Waals surface area contributed by atoms with Crippen molar-refractivity contribution >= 4 is 28.4 Å². The summed E-state index contributed by atoms with van der Waals surface area (Å²) in [5.41, 5.74) is -0.824. The number of aliphatic hydroxyl groups is 1. The highest BCUT2D eigenvalue weighted by atomic mass is 19.4. The predicted octanol–water partition coefficient (Wildman–Crippen LogP) is 6.57. The summed E-state index contributed by atoms with van der Waals surface area (Å²) in [5.74, 6) is -0.740. The minimum atomic E-state index is -5.03. The van der Waals surface area contributed by atoms with E-state index in [0.717, 1.165) is 11.8 Å². The fraction of sp³-hybridized carbons (Fsp3) is 0.280. The van der Waals surface area contributed by atoms with Gasteiger partial charge in [0.05, 0.1) is 18.3 Å². The largest absolute Gasteiger partial charge is 0.494 e. The van der Waals surface area contributed by atoms with Gasteiger partial charge in [-0.05, 0) is 68.3 Å². The molecule has 1 atom stereocenters. The van der Waals surface area contributed by atoms with Crippen molar-refractivity contribution in [2.75, 3.05) is 7.11 Å². The monoisotopic (exact) mass is 460 g/mol. The number of hydrogen-bond donors (Lipinski definition) is 1. The van der Waals surface area contributed by atoms with Crippen molar-refractivity contribution in [2.45, 2.75) is 39.0 Å². The Morgan fingerprint density at radius 2 is 1.85 bits per heavy atom. The lowest BCUT2D eigenvalue weighted by Gasteiger charge is -2.28. The molecule has 0 bridgehead atoms. The minimum Gasteiger partial charge on any atom is -0.494 e. The third kappa shape index (κ3) is 5.22. The lowest BCUT2D eigenvalue weighted by Crippen LogP contribution is -2.47. The Morgan fingerprint density at radius 1 is 1.12 bits per heavy atom. The Bertz CT molecular complexity index is 1230. The first-order valence-corrected chi connectivity index (χ1v) is 10.2. The lowest BCUT2D eigenvalue weighted by atomic mass is 9.88. The van der Waals surface area contributed by atoms with Gasteiger partial charge in [-0.1, -0.05) is 17.7 Å². The minimum absolute atomic E-state index is 0.0284. The molecule has 4 nitrogen and oxygen atoms in total. The van der Waals surface area contributed by atoms with Crippen molar-refractivity contribution in [3.05, 3.63) is 71.2 Å². The van der Waals surface area contributed by atoms with Gasteiger partial charge >= 0.3 is 6.18 Å². The van der Waals surface area contributed by atoms with Gasteiger partial charge in [0, 0.05) is 23.7 Å². The van der Waals surface area contributed by atoms with Crippen molar-refractivity contribution in [1.82, 2.24) is 4.98 Å². The van der Waals surface area contributed by atoms with E-state index >= 15 is 0 Å². The second-order valence-electron chi connectivity index (χ2n) is 7.98. The van der Waals surface area contributed by atoms with Crippen LogP contribution in [0.5, 0.6) is 5.75 Å². The normalized spacial score (nSPS) is 13.8. The molecule has 0 aliphatic heterocycles. The highest BCUT2D eigenvalue weighted by Gasteiger charge is 2.53. The Hall–Kier alpha value is -3.26. The van der Waals surface area contributed by atoms with E-state index in [2.05, 4.69) is 9.98 Å². The summed E-state index contributed by atoms with van der Waals surface area (Å²) >= 11 is 0. The average molecular weight is 460 g/mol. The predicted molar refractivity (Wildman–Crippen MR) is 121 cm³/mol. The molecule has 0 amide bonds. The van der Waals surface area contributed by atoms with Gasteiger partial charge in [-0.15, -0.1) is 0 Å². The summed E-state index contributed by atoms with van der Waals surface area (Å²) in [6.45, 7) is 5.01. The standard InChI is InChI=1S/C25H24F4N2O2/c1-15(2)19(17-9-11-23(33-4)20(26)12-17)13-24(32,25(27,28)29)14-30-21-6-5-7-22-18(21)10-8-16(3)31-22/h5-12,14,32H,13H2,1-4H3. The number of aliphatic imine (C=N–C) groups is 1. The number of fused-ring (bicyclic) bond motifs is 1. The number of hydrogen-bond acceptors (Lipinski definition) is 4. The Labute approximate surface area is 189 Å². The SMILES string of the molecule is COc1ccc(C(CC(O)(C=Nc2cccc3nc(C)ccc23)C(F)(F)F)=C(C)C)cc1F. The molecule has 8 heteroatoms. The zero-order valence-corrected chi connectivity index (χ0v) is 18.7. The number of allylic oxidation sites excluding steroid dienone is 1. The Balaban J connectivity index is 2.04. The number of pyridine rings is 1. The van der Waals surface area contributed by atoms with Gasteiger partial charge in [0.1, 0.15) is 0 Å². The van der Waals surface area contributed by atoms with Gasteiger partial charge < -0.3 is 9.84 Å². The molecule has 0 aliphatic carbocycles. The summed E-state index contributed by atoms with van der Waals surface area (Å²) < 4.78 is 61.2. The van der Waals surface area contributed by atoms with E-state index in [1.54, 1.807) is 51.1 Å². The van der Waals surface area contributed by atoms with Crippen LogP contribution in [0.1, 0.15) is 31.5 Å². The molecule has 2 aromatic carbocycles. The van der Waals surface area contributed by atoms with Crippen LogP contribution in [0.25, 0.3) is 16.5 Å². The summed E-state index contributed by atoms with van der Waals surface area (Å²) in [6, 6.07) is 12.2. The van der Waals surface area contributed by atoms with Crippen molar-refractivity contribution in [3.8, 4) is 5.75 Å². The van der Waals surface area contributed by atoms with Crippen LogP contribution in [0.3, 0.4) is 0 Å². The first kappa shape index (κ1) is 24.4. The second kappa shape index (κ2) is 9.31. The van der Waals surface area contributed by atoms with Crippen LogP contribution in [0, 0.1) is 12.7 Å². The summed E-state index contributed by atoms with van der Waals surface area (Å²) in [4.78, 5) is 8.35. The number of halogens is 4. The van der Waals surface area contributed by atoms with Gasteiger partial charge in [-0.3, -0.25) is 9.98 Å². The molecule has 3 aromatic rings. The van der Waals surface area contributed by atoms with Crippen LogP contribution in [-0.4, -0.2) is 35.2 Å². The van der Waals surface area contributed by atoms with E-state index in [1.165, 1.54) is 19.2 Å². The number of nitrogens with zero attached hydrogens (tertiary/aromatic N) is 2. The molecule has 0 spiro atoms. The van der Waals surface area contributed by atoms with Crippen molar-refractivity contribution in [3.63, 3.8) is 0 Å². The molecule has 0 saturated heterocycles. The topological polar surface area (TPSA) is 54.7 Å². The molecule has 33 heavy (non-hydrogen) atoms. The molecule has 0 aliphatic rings. The maximum atomic E-state index is 14.2. The number of aryl methyl sites for hydroxylation is 1. The van der Waals surface area contributed by atoms with Crippen LogP contribution >= 0.6 is 0 Å². The number of ether oxygens (including phenoxy) is 1. The van der Waals surface area contributed by atoms with Crippen LogP contribution in [0.4, 0.5) is 23.2 Å². The smallest absolute Gasteiger partial charge is 0.422 e. The summed E-state index contributed by atoms with van der Waals surface area (Å²) in [5, 5.41) is 11.3. The van der Waals surface area contributed by atoms with Gasteiger partial charge in [-0.2, -0.15) is 13.2 Å². The van der Waals surface area contributed by atoms with Gasteiger partial charge in [-0.25, -0.2) is 4.39 Å². The van der Waals surface area contributed by atoms with Crippen molar-refractivity contribution in [2.24, 2.45) is 4.99 Å². The molecular weight excluding hydrogens is 436 g/mol. The number of alkyl halides is 3. The first-order valence-electron chi connectivity index (χ1n) is 10.2. The number of aromatic nitrogens is 1. The maximum absolute atomic E-state index is 14.2. The zero-order chi connectivity index (χ0) is 24.4. The molecule has 0 saturated carbocycles. The van der Waals surface area contributed by atoms with Gasteiger partial charge in [0.15, 0.2) is 17.2 Å². The zero-order valence-electron chi connectivity index (χ0n) is 18.7. The summed E-state index contributed by atoms with van der Waals surface area (Å²) in [7, 11) is 1.29. The third-order valence-corrected chi connectivity index (χ3v) is 5.31. The molecule has 3 rings (SSSR count). The quantitative estimate of drug-likeness (QED) is 0.334. The van der Waals surface area contributed by atoms with E-state index < -0.39 is 24.0 Å². The average Bonchev–Trinajstić information content (AvgIpc) is 2.74. The van der Waals surface area contributed by atoms with Crippen LogP contribution in [0.15, 0.2) is 59.1 Å². The fourth-order valence-corrected chi connectivity index (χ4v) is 3.44. The van der Waals surface area contributed by atoms with E-state index in [-0.39, 0.29) is 22.6 Å². The van der Waals surface area contributed by atoms with Crippen LogP contribution in [-0.2, 0) is 0 Å². The van der Waals surface area contributed by atoms with Gasteiger partial charge in [0.25, 0.3) is 0 Å². The van der Waals surface area contributed by atoms with E-state index in [9.17, 15) is 22.7 Å². The lowest BCUT2D eigenvalue weighted by molar-refractivity contribution is -0.226. The molecule has 0 radical (unpaired) electrons. The molecule has 174 valence electrons. The fourth-order valence-electron chi connectivity index (χ4n) is 3.44. The molecule has 0 fully saturated rings. The third-order valence-electron chi connectivity index (χ3n) is 5.31.